The van der Waals surface area contributed by atoms with E-state index in [1.54, 1.807) is 4.90 Å². The van der Waals surface area contributed by atoms with Crippen LogP contribution in [0.25, 0.3) is 4.85 Å². The number of hydrogen-bond donors (Lipinski definition) is 1. The molecule has 2 saturated heterocycles. The summed E-state index contributed by atoms with van der Waals surface area (Å²) in [5.74, 6) is 0.627. The van der Waals surface area contributed by atoms with Crippen LogP contribution in [0.2, 0.25) is 0 Å². The van der Waals surface area contributed by atoms with Gasteiger partial charge in [0.2, 0.25) is 0 Å². The Morgan fingerprint density at radius 1 is 1.28 bits per heavy atom. The second-order valence-corrected chi connectivity index (χ2v) is 11.7. The summed E-state index contributed by atoms with van der Waals surface area (Å²) >= 11 is 0. The minimum Gasteiger partial charge on any atom is -0.449 e. The van der Waals surface area contributed by atoms with Gasteiger partial charge in [-0.1, -0.05) is 44.2 Å². The van der Waals surface area contributed by atoms with Crippen molar-refractivity contribution in [2.45, 2.75) is 64.1 Å². The highest BCUT2D eigenvalue weighted by atomic mass is 16.7. The van der Waals surface area contributed by atoms with Crippen molar-refractivity contribution in [3.8, 4) is 0 Å². The van der Waals surface area contributed by atoms with Crippen LogP contribution in [0, 0.1) is 29.7 Å². The zero-order valence-corrected chi connectivity index (χ0v) is 21.4. The van der Waals surface area contributed by atoms with E-state index in [-0.39, 0.29) is 48.0 Å². The van der Waals surface area contributed by atoms with Gasteiger partial charge in [0.1, 0.15) is 0 Å². The number of carbonyl (C=O) groups is 2. The van der Waals surface area contributed by atoms with Crippen molar-refractivity contribution < 1.29 is 23.6 Å². The lowest BCUT2D eigenvalue weighted by Gasteiger charge is -2.64. The lowest BCUT2D eigenvalue weighted by molar-refractivity contribution is -0.199. The van der Waals surface area contributed by atoms with Crippen molar-refractivity contribution in [1.82, 2.24) is 10.2 Å². The highest BCUT2D eigenvalue weighted by molar-refractivity contribution is 6.47. The van der Waals surface area contributed by atoms with E-state index in [2.05, 4.69) is 30.9 Å². The van der Waals surface area contributed by atoms with Gasteiger partial charge in [-0.3, -0.25) is 4.79 Å². The first-order chi connectivity index (χ1) is 17.2. The van der Waals surface area contributed by atoms with E-state index in [4.69, 9.17) is 20.6 Å². The lowest BCUT2D eigenvalue weighted by atomic mass is 9.43. The molecule has 1 aromatic rings. The Morgan fingerprint density at radius 2 is 2.06 bits per heavy atom. The van der Waals surface area contributed by atoms with Crippen LogP contribution in [-0.4, -0.2) is 67.9 Å². The zero-order valence-electron chi connectivity index (χ0n) is 21.4. The maximum absolute atomic E-state index is 12.9. The quantitative estimate of drug-likeness (QED) is 0.466. The first-order valence-electron chi connectivity index (χ1n) is 13.1. The fraction of sp³-hybridized carbons (Fsp3) is 0.667. The molecule has 0 radical (unpaired) electrons. The second kappa shape index (κ2) is 9.72. The molecule has 0 unspecified atom stereocenters. The summed E-state index contributed by atoms with van der Waals surface area (Å²) in [7, 11) is -0.545. The van der Waals surface area contributed by atoms with E-state index in [0.29, 0.717) is 31.3 Å². The molecule has 6 rings (SSSR count). The Labute approximate surface area is 214 Å². The molecule has 1 N–H and O–H groups in total. The molecule has 36 heavy (non-hydrogen) atoms. The molecule has 0 aromatic heterocycles. The molecular weight excluding hydrogens is 457 g/mol. The van der Waals surface area contributed by atoms with E-state index in [1.807, 2.05) is 30.3 Å². The van der Waals surface area contributed by atoms with E-state index >= 15 is 0 Å². The molecule has 5 fully saturated rings. The monoisotopic (exact) mass is 493 g/mol. The number of rotatable bonds is 7. The molecule has 3 saturated carbocycles. The molecule has 2 bridgehead atoms. The van der Waals surface area contributed by atoms with Gasteiger partial charge in [-0.15, -0.1) is 0 Å². The molecule has 0 spiro atoms. The summed E-state index contributed by atoms with van der Waals surface area (Å²) in [4.78, 5) is 29.7. The number of ether oxygens (including phenoxy) is 1. The third-order valence-corrected chi connectivity index (χ3v) is 9.20. The van der Waals surface area contributed by atoms with E-state index in [0.717, 1.165) is 18.4 Å². The highest BCUT2D eigenvalue weighted by Crippen LogP contribution is 2.65. The number of hydrogen-bond acceptors (Lipinski definition) is 5. The van der Waals surface area contributed by atoms with E-state index < -0.39 is 13.2 Å². The molecule has 1 aromatic carbocycles. The average molecular weight is 493 g/mol. The smallest absolute Gasteiger partial charge is 0.449 e. The van der Waals surface area contributed by atoms with Gasteiger partial charge in [0.25, 0.3) is 6.54 Å². The van der Waals surface area contributed by atoms with Crippen LogP contribution in [0.3, 0.4) is 0 Å². The number of nitrogens with zero attached hydrogens (tertiary/aromatic N) is 2. The van der Waals surface area contributed by atoms with Crippen molar-refractivity contribution in [1.29, 1.82) is 0 Å². The number of amides is 2. The van der Waals surface area contributed by atoms with Gasteiger partial charge in [-0.05, 0) is 55.4 Å². The largest absolute Gasteiger partial charge is 0.482 e. The molecule has 192 valence electrons. The first-order valence-corrected chi connectivity index (χ1v) is 13.1. The maximum Gasteiger partial charge on any atom is 0.482 e. The number of likely N-dealkylation sites (tertiary alicyclic amines) is 1. The molecular formula is C27H36BN3O5. The molecule has 2 aliphatic heterocycles. The minimum absolute atomic E-state index is 0.0350. The van der Waals surface area contributed by atoms with E-state index in [9.17, 15) is 9.59 Å². The minimum atomic E-state index is -0.545. The topological polar surface area (TPSA) is 81.5 Å². The van der Waals surface area contributed by atoms with Crippen molar-refractivity contribution >= 4 is 19.1 Å². The number of nitrogens with one attached hydrogen (secondary N) is 1. The Morgan fingerprint density at radius 3 is 2.78 bits per heavy atom. The summed E-state index contributed by atoms with van der Waals surface area (Å²) in [6, 6.07) is 10.0. The summed E-state index contributed by atoms with van der Waals surface area (Å²) in [6.45, 7) is 14.9. The summed E-state index contributed by atoms with van der Waals surface area (Å²) in [5, 5.41) is 3.03. The fourth-order valence-corrected chi connectivity index (χ4v) is 6.90. The van der Waals surface area contributed by atoms with Crippen LogP contribution in [0.1, 0.15) is 45.6 Å². The zero-order chi connectivity index (χ0) is 25.5. The first kappa shape index (κ1) is 25.1. The number of benzene rings is 1. The summed E-state index contributed by atoms with van der Waals surface area (Å²) in [6.07, 6.45) is 3.03. The van der Waals surface area contributed by atoms with Gasteiger partial charge in [-0.25, -0.2) is 11.4 Å². The van der Waals surface area contributed by atoms with Gasteiger partial charge in [0, 0.05) is 19.0 Å². The second-order valence-electron chi connectivity index (χ2n) is 11.7. The van der Waals surface area contributed by atoms with Crippen molar-refractivity contribution in [3.63, 3.8) is 0 Å². The third kappa shape index (κ3) is 4.61. The van der Waals surface area contributed by atoms with Gasteiger partial charge >= 0.3 is 19.1 Å². The van der Waals surface area contributed by atoms with Crippen LogP contribution in [0.5, 0.6) is 0 Å². The van der Waals surface area contributed by atoms with Gasteiger partial charge < -0.3 is 29.1 Å². The lowest BCUT2D eigenvalue weighted by Crippen LogP contribution is -2.65. The Kier molecular flexibility index (Phi) is 6.77. The summed E-state index contributed by atoms with van der Waals surface area (Å²) in [5.41, 5.74) is 0.981. The highest BCUT2D eigenvalue weighted by Gasteiger charge is 2.68. The molecule has 6 atom stereocenters. The summed E-state index contributed by atoms with van der Waals surface area (Å²) < 4.78 is 18.7. The molecule has 3 aliphatic carbocycles. The average Bonchev–Trinajstić information content (AvgIpc) is 3.47. The molecule has 2 amide bonds. The van der Waals surface area contributed by atoms with Gasteiger partial charge in [0.05, 0.1) is 24.3 Å². The standard InChI is InChI=1S/C27H36BN3O5/c1-26(2)20-13-21(26)27(3)22(14-20)35-28(36-27)23(12-18-8-6-5-7-9-18)30-25(33)34-17-19-10-11-31(16-19)24(32)15-29-4/h5-9,19-23H,10-17H2,1-3H3,(H,30,33)/t19-,20-,21-,22+,23-,27-/m0/s1. The van der Waals surface area contributed by atoms with Crippen molar-refractivity contribution in [2.75, 3.05) is 26.2 Å². The predicted octanol–water partition coefficient (Wildman–Crippen LogP) is 3.36. The number of carbonyl (C=O) groups excluding carboxylic acids is 2. The van der Waals surface area contributed by atoms with E-state index in [1.165, 1.54) is 6.42 Å². The van der Waals surface area contributed by atoms with Crippen LogP contribution in [0.4, 0.5) is 4.79 Å². The Hall–Kier alpha value is -2.57. The fourth-order valence-electron chi connectivity index (χ4n) is 6.90. The molecule has 9 heteroatoms. The van der Waals surface area contributed by atoms with Crippen LogP contribution in [0.15, 0.2) is 30.3 Å². The molecule has 8 nitrogen and oxygen atoms in total. The number of alkyl carbamates (subject to hydrolysis) is 1. The molecule has 5 aliphatic rings. The Bertz CT molecular complexity index is 1030. The van der Waals surface area contributed by atoms with Crippen LogP contribution < -0.4 is 5.32 Å². The predicted molar refractivity (Wildman–Crippen MR) is 135 cm³/mol. The SMILES string of the molecule is [C-]#[N+]CC(=O)N1CC[C@H](COC(=O)N[C@@H](Cc2ccccc2)B2O[C@@H]3C[C@@H]4C[C@@H](C4(C)C)[C@]3(C)O2)C1. The Balaban J connectivity index is 1.21. The third-order valence-electron chi connectivity index (χ3n) is 9.20. The normalized spacial score (nSPS) is 32.7. The maximum atomic E-state index is 12.9. The van der Waals surface area contributed by atoms with Gasteiger partial charge in [0.15, 0.2) is 0 Å². The van der Waals surface area contributed by atoms with Crippen molar-refractivity contribution in [2.24, 2.45) is 23.2 Å². The van der Waals surface area contributed by atoms with Crippen molar-refractivity contribution in [3.05, 3.63) is 47.3 Å². The van der Waals surface area contributed by atoms with Crippen LogP contribution >= 0.6 is 0 Å². The van der Waals surface area contributed by atoms with Crippen LogP contribution in [-0.2, 0) is 25.3 Å². The molecule has 2 heterocycles. The van der Waals surface area contributed by atoms with Gasteiger partial charge in [-0.2, -0.15) is 0 Å².